The molecule has 0 unspecified atom stereocenters. The monoisotopic (exact) mass is 390 g/mol. The molecular weight excluding hydrogens is 376 g/mol. The van der Waals surface area contributed by atoms with E-state index in [0.717, 1.165) is 5.69 Å². The maximum Gasteiger partial charge on any atom is 0.265 e. The molecule has 0 saturated carbocycles. The van der Waals surface area contributed by atoms with Crippen LogP contribution in [0.2, 0.25) is 0 Å². The third-order valence-corrected chi connectivity index (χ3v) is 4.73. The summed E-state index contributed by atoms with van der Waals surface area (Å²) in [4.78, 5) is 25.3. The molecule has 0 atom stereocenters. The van der Waals surface area contributed by atoms with Gasteiger partial charge in [0.25, 0.3) is 11.8 Å². The lowest BCUT2D eigenvalue weighted by atomic mass is 10.1. The Morgan fingerprint density at radius 1 is 0.893 bits per heavy atom. The highest BCUT2D eigenvalue weighted by atomic mass is 32.1. The second-order valence-electron chi connectivity index (χ2n) is 5.77. The highest BCUT2D eigenvalue weighted by Gasteiger charge is 2.10. The number of rotatable bonds is 5. The number of carbonyl (C=O) groups excluding carboxylic acids is 2. The van der Waals surface area contributed by atoms with Crippen molar-refractivity contribution < 1.29 is 9.59 Å². The van der Waals surface area contributed by atoms with Crippen LogP contribution in [0.5, 0.6) is 0 Å². The molecule has 0 spiro atoms. The number of hydrogen-bond donors (Lipinski definition) is 2. The Labute approximate surface area is 163 Å². The van der Waals surface area contributed by atoms with Crippen LogP contribution in [0.25, 0.3) is 5.69 Å². The molecular formula is C19H14N6O2S. The van der Waals surface area contributed by atoms with Gasteiger partial charge in [-0.2, -0.15) is 0 Å². The second kappa shape index (κ2) is 7.80. The van der Waals surface area contributed by atoms with Crippen LogP contribution in [0.15, 0.2) is 72.4 Å². The van der Waals surface area contributed by atoms with Crippen molar-refractivity contribution in [2.24, 2.45) is 0 Å². The maximum absolute atomic E-state index is 12.5. The van der Waals surface area contributed by atoms with Gasteiger partial charge in [-0.25, -0.2) is 4.68 Å². The van der Waals surface area contributed by atoms with E-state index in [4.69, 9.17) is 0 Å². The van der Waals surface area contributed by atoms with Crippen molar-refractivity contribution in [1.29, 1.82) is 0 Å². The smallest absolute Gasteiger partial charge is 0.265 e. The number of aromatic nitrogens is 4. The largest absolute Gasteiger partial charge is 0.322 e. The van der Waals surface area contributed by atoms with Crippen molar-refractivity contribution in [2.75, 3.05) is 10.6 Å². The van der Waals surface area contributed by atoms with E-state index in [2.05, 4.69) is 26.2 Å². The zero-order chi connectivity index (χ0) is 19.3. The van der Waals surface area contributed by atoms with Gasteiger partial charge < -0.3 is 10.6 Å². The fourth-order valence-electron chi connectivity index (χ4n) is 2.52. The molecule has 0 aliphatic heterocycles. The fourth-order valence-corrected chi connectivity index (χ4v) is 3.14. The SMILES string of the molecule is O=C(Nc1ccc(-n2cnnn2)cc1)c1cccc(NC(=O)c2cccs2)c1. The van der Waals surface area contributed by atoms with Crippen LogP contribution < -0.4 is 10.6 Å². The molecule has 2 aromatic heterocycles. The Hall–Kier alpha value is -3.85. The Balaban J connectivity index is 1.44. The molecule has 0 aliphatic rings. The van der Waals surface area contributed by atoms with Gasteiger partial charge in [0, 0.05) is 16.9 Å². The minimum Gasteiger partial charge on any atom is -0.322 e. The molecule has 0 aliphatic carbocycles. The standard InChI is InChI=1S/C19H14N6O2S/c26-18(21-14-6-8-16(9-7-14)25-12-20-23-24-25)13-3-1-4-15(11-13)22-19(27)17-5-2-10-28-17/h1-12H,(H,21,26)(H,22,27). The lowest BCUT2D eigenvalue weighted by Gasteiger charge is -2.08. The number of carbonyl (C=O) groups is 2. The molecule has 0 bridgehead atoms. The van der Waals surface area contributed by atoms with Gasteiger partial charge in [0.15, 0.2) is 0 Å². The first kappa shape index (κ1) is 17.6. The van der Waals surface area contributed by atoms with E-state index in [-0.39, 0.29) is 11.8 Å². The quantitative estimate of drug-likeness (QED) is 0.545. The first-order valence-electron chi connectivity index (χ1n) is 8.29. The van der Waals surface area contributed by atoms with Crippen molar-refractivity contribution >= 4 is 34.5 Å². The number of hydrogen-bond acceptors (Lipinski definition) is 6. The topological polar surface area (TPSA) is 102 Å². The summed E-state index contributed by atoms with van der Waals surface area (Å²) in [6, 6.07) is 17.5. The summed E-state index contributed by atoms with van der Waals surface area (Å²) in [6.45, 7) is 0. The summed E-state index contributed by atoms with van der Waals surface area (Å²) < 4.78 is 1.52. The number of anilines is 2. The zero-order valence-corrected chi connectivity index (χ0v) is 15.3. The van der Waals surface area contributed by atoms with Crippen LogP contribution >= 0.6 is 11.3 Å². The van der Waals surface area contributed by atoms with Crippen molar-refractivity contribution in [1.82, 2.24) is 20.2 Å². The van der Waals surface area contributed by atoms with Crippen molar-refractivity contribution in [2.45, 2.75) is 0 Å². The number of nitrogens with one attached hydrogen (secondary N) is 2. The molecule has 2 aromatic carbocycles. The summed E-state index contributed by atoms with van der Waals surface area (Å²) in [7, 11) is 0. The van der Waals surface area contributed by atoms with Gasteiger partial charge in [0.2, 0.25) is 0 Å². The summed E-state index contributed by atoms with van der Waals surface area (Å²) in [5.74, 6) is -0.479. The molecule has 138 valence electrons. The van der Waals surface area contributed by atoms with Crippen LogP contribution in [0.4, 0.5) is 11.4 Å². The predicted molar refractivity (Wildman–Crippen MR) is 106 cm³/mol. The van der Waals surface area contributed by atoms with E-state index in [1.54, 1.807) is 54.6 Å². The molecule has 2 N–H and O–H groups in total. The number of amides is 2. The fraction of sp³-hybridized carbons (Fsp3) is 0. The van der Waals surface area contributed by atoms with E-state index < -0.39 is 0 Å². The minimum absolute atomic E-state index is 0.203. The summed E-state index contributed by atoms with van der Waals surface area (Å²) in [5.41, 5.74) is 2.41. The first-order chi connectivity index (χ1) is 13.7. The number of benzene rings is 2. The molecule has 2 amide bonds. The maximum atomic E-state index is 12.5. The van der Waals surface area contributed by atoms with Gasteiger partial charge in [-0.15, -0.1) is 16.4 Å². The minimum atomic E-state index is -0.276. The first-order valence-corrected chi connectivity index (χ1v) is 9.17. The van der Waals surface area contributed by atoms with E-state index in [1.807, 2.05) is 11.4 Å². The van der Waals surface area contributed by atoms with E-state index >= 15 is 0 Å². The van der Waals surface area contributed by atoms with Gasteiger partial charge in [0.05, 0.1) is 10.6 Å². The highest BCUT2D eigenvalue weighted by molar-refractivity contribution is 7.12. The van der Waals surface area contributed by atoms with Crippen molar-refractivity contribution in [3.05, 3.63) is 82.8 Å². The average Bonchev–Trinajstić information content (AvgIpc) is 3.43. The highest BCUT2D eigenvalue weighted by Crippen LogP contribution is 2.17. The molecule has 2 heterocycles. The van der Waals surface area contributed by atoms with Gasteiger partial charge in [-0.05, 0) is 64.3 Å². The van der Waals surface area contributed by atoms with Gasteiger partial charge in [-0.3, -0.25) is 9.59 Å². The molecule has 8 nitrogen and oxygen atoms in total. The van der Waals surface area contributed by atoms with Crippen molar-refractivity contribution in [3.8, 4) is 5.69 Å². The molecule has 0 fully saturated rings. The van der Waals surface area contributed by atoms with Crippen LogP contribution in [-0.4, -0.2) is 32.0 Å². The Kier molecular flexibility index (Phi) is 4.89. The summed E-state index contributed by atoms with van der Waals surface area (Å²) in [6.07, 6.45) is 1.49. The third-order valence-electron chi connectivity index (χ3n) is 3.87. The van der Waals surface area contributed by atoms with E-state index in [0.29, 0.717) is 21.8 Å². The lowest BCUT2D eigenvalue weighted by molar-refractivity contribution is 0.101. The summed E-state index contributed by atoms with van der Waals surface area (Å²) in [5, 5.41) is 18.4. The zero-order valence-electron chi connectivity index (χ0n) is 14.4. The Morgan fingerprint density at radius 3 is 2.43 bits per heavy atom. The van der Waals surface area contributed by atoms with Gasteiger partial charge >= 0.3 is 0 Å². The van der Waals surface area contributed by atoms with Crippen LogP contribution in [0, 0.1) is 0 Å². The van der Waals surface area contributed by atoms with E-state index in [9.17, 15) is 9.59 Å². The number of nitrogens with zero attached hydrogens (tertiary/aromatic N) is 4. The molecule has 28 heavy (non-hydrogen) atoms. The van der Waals surface area contributed by atoms with Gasteiger partial charge in [-0.1, -0.05) is 12.1 Å². The third kappa shape index (κ3) is 3.94. The average molecular weight is 390 g/mol. The molecule has 9 heteroatoms. The molecule has 4 aromatic rings. The predicted octanol–water partition coefficient (Wildman–Crippen LogP) is 3.23. The normalized spacial score (nSPS) is 10.4. The molecule has 4 rings (SSSR count). The molecule has 0 radical (unpaired) electrons. The van der Waals surface area contributed by atoms with Crippen LogP contribution in [0.3, 0.4) is 0 Å². The number of thiophene rings is 1. The van der Waals surface area contributed by atoms with Crippen molar-refractivity contribution in [3.63, 3.8) is 0 Å². The summed E-state index contributed by atoms with van der Waals surface area (Å²) >= 11 is 1.36. The van der Waals surface area contributed by atoms with Crippen LogP contribution in [-0.2, 0) is 0 Å². The molecule has 0 saturated heterocycles. The Bertz CT molecular complexity index is 1090. The lowest BCUT2D eigenvalue weighted by Crippen LogP contribution is -2.14. The van der Waals surface area contributed by atoms with Gasteiger partial charge in [0.1, 0.15) is 6.33 Å². The van der Waals surface area contributed by atoms with Crippen LogP contribution in [0.1, 0.15) is 20.0 Å². The van der Waals surface area contributed by atoms with E-state index in [1.165, 1.54) is 22.3 Å². The Morgan fingerprint density at radius 2 is 1.71 bits per heavy atom. The second-order valence-corrected chi connectivity index (χ2v) is 6.72. The number of tetrazole rings is 1.